The fraction of sp³-hybridized carbons (Fsp3) is 0.346. The Morgan fingerprint density at radius 1 is 1.03 bits per heavy atom. The third-order valence-corrected chi connectivity index (χ3v) is 6.64. The molecule has 3 aromatic rings. The molecular formula is C26H30N3O3+. The first kappa shape index (κ1) is 22.1. The van der Waals surface area contributed by atoms with Gasteiger partial charge in [-0.2, -0.15) is 0 Å². The number of carbonyl (C=O) groups excluding carboxylic acids is 1. The van der Waals surface area contributed by atoms with Crippen LogP contribution in [0.5, 0.6) is 0 Å². The van der Waals surface area contributed by atoms with Crippen molar-refractivity contribution >= 4 is 5.97 Å². The monoisotopic (exact) mass is 432 g/mol. The van der Waals surface area contributed by atoms with Gasteiger partial charge in [0.15, 0.2) is 0 Å². The lowest BCUT2D eigenvalue weighted by molar-refractivity contribution is -0.921. The van der Waals surface area contributed by atoms with Crippen LogP contribution in [0.15, 0.2) is 79.1 Å². The van der Waals surface area contributed by atoms with Crippen molar-refractivity contribution in [3.8, 4) is 0 Å². The van der Waals surface area contributed by atoms with Gasteiger partial charge < -0.3 is 14.3 Å². The molecule has 1 aliphatic heterocycles. The fourth-order valence-corrected chi connectivity index (χ4v) is 4.59. The Labute approximate surface area is 189 Å². The molecule has 1 N–H and O–H groups in total. The largest absolute Gasteiger partial charge is 0.457 e. The third kappa shape index (κ3) is 4.56. The number of ether oxygens (including phenoxy) is 1. The lowest BCUT2D eigenvalue weighted by Gasteiger charge is -2.36. The van der Waals surface area contributed by atoms with Gasteiger partial charge in [0.05, 0.1) is 26.6 Å². The van der Waals surface area contributed by atoms with Crippen molar-refractivity contribution in [1.29, 1.82) is 0 Å². The third-order valence-electron chi connectivity index (χ3n) is 6.64. The summed E-state index contributed by atoms with van der Waals surface area (Å²) in [5.41, 5.74) is -0.843. The van der Waals surface area contributed by atoms with E-state index in [1.54, 1.807) is 36.7 Å². The van der Waals surface area contributed by atoms with Crippen LogP contribution in [0.25, 0.3) is 0 Å². The van der Waals surface area contributed by atoms with E-state index in [0.717, 1.165) is 42.7 Å². The van der Waals surface area contributed by atoms with Gasteiger partial charge >= 0.3 is 5.97 Å². The molecule has 1 aromatic heterocycles. The van der Waals surface area contributed by atoms with E-state index in [2.05, 4.69) is 17.0 Å². The van der Waals surface area contributed by atoms with Gasteiger partial charge in [0.1, 0.15) is 18.5 Å². The average Bonchev–Trinajstić information content (AvgIpc) is 3.23. The highest BCUT2D eigenvalue weighted by atomic mass is 16.6. The van der Waals surface area contributed by atoms with Gasteiger partial charge in [-0.25, -0.2) is 14.8 Å². The molecule has 2 aromatic carbocycles. The number of likely N-dealkylation sites (N-methyl/N-ethyl adjacent to an activating group) is 1. The first-order valence-corrected chi connectivity index (χ1v) is 11.1. The Morgan fingerprint density at radius 2 is 1.62 bits per heavy atom. The first-order valence-electron chi connectivity index (χ1n) is 11.1. The predicted octanol–water partition coefficient (Wildman–Crippen LogP) is 3.11. The van der Waals surface area contributed by atoms with Gasteiger partial charge in [0, 0.05) is 25.2 Å². The molecule has 6 heteroatoms. The van der Waals surface area contributed by atoms with Gasteiger partial charge in [-0.15, -0.1) is 0 Å². The molecule has 166 valence electrons. The summed E-state index contributed by atoms with van der Waals surface area (Å²) < 4.78 is 6.62. The molecule has 1 saturated heterocycles. The zero-order valence-corrected chi connectivity index (χ0v) is 18.4. The molecule has 0 amide bonds. The van der Waals surface area contributed by atoms with E-state index in [1.807, 2.05) is 42.5 Å². The van der Waals surface area contributed by atoms with Crippen molar-refractivity contribution in [2.24, 2.45) is 0 Å². The topological polar surface area (TPSA) is 72.3 Å². The van der Waals surface area contributed by atoms with Crippen molar-refractivity contribution in [3.05, 3.63) is 96.1 Å². The maximum Gasteiger partial charge on any atom is 0.347 e. The Hall–Kier alpha value is -3.09. The van der Waals surface area contributed by atoms with Crippen molar-refractivity contribution in [3.63, 3.8) is 0 Å². The number of hydrogen-bond acceptors (Lipinski definition) is 5. The maximum atomic E-state index is 13.3. The Kier molecular flexibility index (Phi) is 6.63. The van der Waals surface area contributed by atoms with E-state index in [9.17, 15) is 9.90 Å². The number of carbonyl (C=O) groups is 1. The number of rotatable bonds is 8. The fourth-order valence-electron chi connectivity index (χ4n) is 4.59. The lowest BCUT2D eigenvalue weighted by Crippen LogP contribution is -2.52. The molecule has 0 spiro atoms. The molecule has 32 heavy (non-hydrogen) atoms. The highest BCUT2D eigenvalue weighted by Crippen LogP contribution is 2.32. The van der Waals surface area contributed by atoms with Gasteiger partial charge in [-0.1, -0.05) is 60.7 Å². The minimum absolute atomic E-state index is 0.179. The second-order valence-corrected chi connectivity index (χ2v) is 8.68. The van der Waals surface area contributed by atoms with Crippen LogP contribution >= 0.6 is 0 Å². The molecule has 1 fully saturated rings. The van der Waals surface area contributed by atoms with Crippen LogP contribution in [-0.2, 0) is 21.6 Å². The summed E-state index contributed by atoms with van der Waals surface area (Å²) in [5, 5.41) is 11.6. The molecule has 4 rings (SSSR count). The number of likely N-dealkylation sites (tertiary alicyclic amines) is 1. The minimum atomic E-state index is -1.84. The number of aliphatic hydroxyl groups is 1. The van der Waals surface area contributed by atoms with Crippen LogP contribution in [0.2, 0.25) is 0 Å². The second kappa shape index (κ2) is 9.59. The van der Waals surface area contributed by atoms with Gasteiger partial charge in [-0.05, 0) is 17.2 Å². The van der Waals surface area contributed by atoms with E-state index in [1.165, 1.54) is 0 Å². The summed E-state index contributed by atoms with van der Waals surface area (Å²) in [7, 11) is 2.20. The van der Waals surface area contributed by atoms with Crippen molar-refractivity contribution in [2.45, 2.75) is 30.9 Å². The number of aromatic nitrogens is 2. The van der Waals surface area contributed by atoms with Gasteiger partial charge in [0.2, 0.25) is 5.60 Å². The summed E-state index contributed by atoms with van der Waals surface area (Å²) in [6, 6.07) is 20.0. The molecule has 0 bridgehead atoms. The van der Waals surface area contributed by atoms with Crippen molar-refractivity contribution in [1.82, 2.24) is 9.97 Å². The molecular weight excluding hydrogens is 402 g/mol. The molecule has 0 radical (unpaired) electrons. The maximum absolute atomic E-state index is 13.3. The van der Waals surface area contributed by atoms with Crippen LogP contribution in [-0.4, -0.2) is 58.3 Å². The molecule has 0 saturated carbocycles. The average molecular weight is 433 g/mol. The van der Waals surface area contributed by atoms with Gasteiger partial charge in [0.25, 0.3) is 0 Å². The van der Waals surface area contributed by atoms with Crippen molar-refractivity contribution < 1.29 is 19.1 Å². The van der Waals surface area contributed by atoms with Crippen LogP contribution < -0.4 is 0 Å². The quantitative estimate of drug-likeness (QED) is 0.437. The summed E-state index contributed by atoms with van der Waals surface area (Å²) >= 11 is 0. The number of hydrogen-bond donors (Lipinski definition) is 1. The number of nitrogens with zero attached hydrogens (tertiary/aromatic N) is 3. The first-order chi connectivity index (χ1) is 15.5. The molecule has 2 atom stereocenters. The number of benzene rings is 2. The summed E-state index contributed by atoms with van der Waals surface area (Å²) in [5.74, 6) is 0.191. The highest BCUT2D eigenvalue weighted by molar-refractivity contribution is 5.85. The Morgan fingerprint density at radius 3 is 2.22 bits per heavy atom. The molecule has 0 aliphatic carbocycles. The van der Waals surface area contributed by atoms with Crippen LogP contribution in [0.3, 0.4) is 0 Å². The van der Waals surface area contributed by atoms with Crippen LogP contribution in [0, 0.1) is 0 Å². The molecule has 1 aliphatic rings. The zero-order chi connectivity index (χ0) is 22.4. The van der Waals surface area contributed by atoms with E-state index >= 15 is 0 Å². The SMILES string of the molecule is C[N+]1(CCc2ncccn2)CCCC1COC(=O)C(O)(c1ccccc1)c1ccccc1. The van der Waals surface area contributed by atoms with Crippen LogP contribution in [0.1, 0.15) is 29.8 Å². The minimum Gasteiger partial charge on any atom is -0.457 e. The van der Waals surface area contributed by atoms with Crippen molar-refractivity contribution in [2.75, 3.05) is 26.7 Å². The summed E-state index contributed by atoms with van der Waals surface area (Å²) in [4.78, 5) is 22.0. The zero-order valence-electron chi connectivity index (χ0n) is 18.4. The standard InChI is InChI=1S/C26H30N3O3/c1-29(19-15-24-27-16-9-17-28-24)18-8-14-23(29)20-32-25(30)26(31,21-10-4-2-5-11-21)22-12-6-3-7-13-22/h2-7,9-13,16-17,23,31H,8,14-15,18-20H2,1H3/q+1. The van der Waals surface area contributed by atoms with E-state index in [4.69, 9.17) is 4.74 Å². The molecule has 2 unspecified atom stereocenters. The Bertz CT molecular complexity index is 975. The summed E-state index contributed by atoms with van der Waals surface area (Å²) in [6.07, 6.45) is 6.36. The smallest absolute Gasteiger partial charge is 0.347 e. The van der Waals surface area contributed by atoms with E-state index < -0.39 is 11.6 Å². The Balaban J connectivity index is 1.48. The number of esters is 1. The number of quaternary nitrogens is 1. The van der Waals surface area contributed by atoms with Crippen LogP contribution in [0.4, 0.5) is 0 Å². The summed E-state index contributed by atoms with van der Waals surface area (Å²) in [6.45, 7) is 2.18. The molecule has 2 heterocycles. The van der Waals surface area contributed by atoms with E-state index in [0.29, 0.717) is 11.1 Å². The highest BCUT2D eigenvalue weighted by Gasteiger charge is 2.44. The van der Waals surface area contributed by atoms with E-state index in [-0.39, 0.29) is 12.6 Å². The second-order valence-electron chi connectivity index (χ2n) is 8.68. The molecule has 6 nitrogen and oxygen atoms in total. The predicted molar refractivity (Wildman–Crippen MR) is 122 cm³/mol. The van der Waals surface area contributed by atoms with Gasteiger partial charge in [-0.3, -0.25) is 0 Å². The normalized spacial score (nSPS) is 20.8. The lowest BCUT2D eigenvalue weighted by atomic mass is 9.86.